The molecule has 1 aromatic heterocycles. The van der Waals surface area contributed by atoms with Crippen molar-refractivity contribution in [2.45, 2.75) is 6.42 Å². The van der Waals surface area contributed by atoms with Crippen molar-refractivity contribution in [3.8, 4) is 11.5 Å². The molecule has 34 heavy (non-hydrogen) atoms. The first kappa shape index (κ1) is 18.4. The minimum Gasteiger partial charge on any atom is -0.453 e. The van der Waals surface area contributed by atoms with E-state index in [-0.39, 0.29) is 0 Å². The summed E-state index contributed by atoms with van der Waals surface area (Å²) in [5, 5.41) is 5.18. The molecule has 0 saturated heterocycles. The van der Waals surface area contributed by atoms with Gasteiger partial charge in [-0.1, -0.05) is 72.8 Å². The van der Waals surface area contributed by atoms with Gasteiger partial charge in [0.2, 0.25) is 0 Å². The first-order valence-electron chi connectivity index (χ1n) is 11.6. The van der Waals surface area contributed by atoms with Gasteiger partial charge >= 0.3 is 0 Å². The Kier molecular flexibility index (Phi) is 3.63. The van der Waals surface area contributed by atoms with E-state index in [4.69, 9.17) is 4.74 Å². The number of fused-ring (bicyclic) bond motifs is 6. The molecule has 0 atom stereocenters. The van der Waals surface area contributed by atoms with Crippen LogP contribution >= 0.6 is 11.3 Å². The Balaban J connectivity index is 1.49. The normalized spacial score (nSPS) is 13.8. The molecule has 0 N–H and O–H groups in total. The zero-order chi connectivity index (χ0) is 22.2. The van der Waals surface area contributed by atoms with Crippen molar-refractivity contribution in [1.82, 2.24) is 0 Å². The molecule has 2 nitrogen and oxygen atoms in total. The molecule has 1 aliphatic carbocycles. The Morgan fingerprint density at radius 1 is 0.735 bits per heavy atom. The molecule has 0 saturated carbocycles. The Morgan fingerprint density at radius 3 is 2.56 bits per heavy atom. The SMILES string of the molecule is C1=Cc2cccc3cc4c(c(c23)C1)Oc1ccccc1N4c1cccc2c1sc1ccccc12. The summed E-state index contributed by atoms with van der Waals surface area (Å²) in [5.74, 6) is 1.87. The lowest BCUT2D eigenvalue weighted by Crippen LogP contribution is -2.17. The molecule has 5 aromatic carbocycles. The van der Waals surface area contributed by atoms with E-state index < -0.39 is 0 Å². The highest BCUT2D eigenvalue weighted by Crippen LogP contribution is 2.56. The third kappa shape index (κ3) is 2.39. The van der Waals surface area contributed by atoms with Crippen LogP contribution in [-0.4, -0.2) is 0 Å². The molecule has 0 amide bonds. The van der Waals surface area contributed by atoms with Crippen LogP contribution < -0.4 is 9.64 Å². The molecule has 0 radical (unpaired) electrons. The number of hydrogen-bond donors (Lipinski definition) is 0. The number of benzene rings is 5. The Labute approximate surface area is 200 Å². The van der Waals surface area contributed by atoms with Crippen molar-refractivity contribution in [3.63, 3.8) is 0 Å². The van der Waals surface area contributed by atoms with Crippen molar-refractivity contribution in [3.05, 3.63) is 108 Å². The molecule has 160 valence electrons. The van der Waals surface area contributed by atoms with Gasteiger partial charge < -0.3 is 9.64 Å². The monoisotopic (exact) mass is 453 g/mol. The number of para-hydroxylation sites is 2. The number of nitrogens with zero attached hydrogens (tertiary/aromatic N) is 1. The van der Waals surface area contributed by atoms with Gasteiger partial charge in [0.15, 0.2) is 11.5 Å². The Bertz CT molecular complexity index is 1830. The zero-order valence-electron chi connectivity index (χ0n) is 18.3. The second-order valence-electron chi connectivity index (χ2n) is 8.91. The maximum atomic E-state index is 6.65. The van der Waals surface area contributed by atoms with E-state index in [1.54, 1.807) is 0 Å². The number of ether oxygens (including phenoxy) is 1. The fraction of sp³-hybridized carbons (Fsp3) is 0.0323. The van der Waals surface area contributed by atoms with Crippen molar-refractivity contribution in [2.24, 2.45) is 0 Å². The summed E-state index contributed by atoms with van der Waals surface area (Å²) in [7, 11) is 0. The fourth-order valence-electron chi connectivity index (χ4n) is 5.59. The van der Waals surface area contributed by atoms with Crippen molar-refractivity contribution in [2.75, 3.05) is 4.90 Å². The van der Waals surface area contributed by atoms with Crippen LogP contribution in [0.1, 0.15) is 11.1 Å². The molecule has 6 aromatic rings. The van der Waals surface area contributed by atoms with E-state index in [1.807, 2.05) is 11.3 Å². The van der Waals surface area contributed by atoms with Crippen molar-refractivity contribution < 1.29 is 4.74 Å². The van der Waals surface area contributed by atoms with Gasteiger partial charge in [0, 0.05) is 21.0 Å². The van der Waals surface area contributed by atoms with Gasteiger partial charge in [-0.3, -0.25) is 0 Å². The van der Waals surface area contributed by atoms with E-state index in [0.717, 1.165) is 29.3 Å². The predicted molar refractivity (Wildman–Crippen MR) is 144 cm³/mol. The average Bonchev–Trinajstić information content (AvgIpc) is 3.27. The molecule has 0 unspecified atom stereocenters. The minimum atomic E-state index is 0.875. The molecule has 2 heterocycles. The standard InChI is InChI=1S/C31H19NOS/c1-4-17-28-21(11-1)22-12-7-15-25(31(22)34-28)32-24-14-2-3-16-27(24)33-30-23-13-6-9-19-8-5-10-20(29(19)23)18-26(30)32/h1-12,14-18H,13H2. The lowest BCUT2D eigenvalue weighted by atomic mass is 9.90. The van der Waals surface area contributed by atoms with Crippen LogP contribution in [-0.2, 0) is 6.42 Å². The smallest absolute Gasteiger partial charge is 0.155 e. The maximum Gasteiger partial charge on any atom is 0.155 e. The molecule has 0 bridgehead atoms. The molecule has 2 aliphatic rings. The lowest BCUT2D eigenvalue weighted by molar-refractivity contribution is 0.473. The van der Waals surface area contributed by atoms with Crippen LogP contribution in [0.5, 0.6) is 11.5 Å². The van der Waals surface area contributed by atoms with Crippen LogP contribution in [0.2, 0.25) is 0 Å². The van der Waals surface area contributed by atoms with E-state index in [0.29, 0.717) is 0 Å². The summed E-state index contributed by atoms with van der Waals surface area (Å²) in [4.78, 5) is 2.41. The lowest BCUT2D eigenvalue weighted by Gasteiger charge is -2.35. The number of anilines is 3. The minimum absolute atomic E-state index is 0.875. The van der Waals surface area contributed by atoms with E-state index >= 15 is 0 Å². The quantitative estimate of drug-likeness (QED) is 0.245. The van der Waals surface area contributed by atoms with E-state index in [9.17, 15) is 0 Å². The second-order valence-corrected chi connectivity index (χ2v) is 9.96. The molecule has 0 fully saturated rings. The van der Waals surface area contributed by atoms with Gasteiger partial charge in [-0.2, -0.15) is 0 Å². The zero-order valence-corrected chi connectivity index (χ0v) is 19.1. The molecule has 1 aliphatic heterocycles. The van der Waals surface area contributed by atoms with E-state index in [2.05, 4.69) is 108 Å². The Hall–Kier alpha value is -4.08. The predicted octanol–water partition coefficient (Wildman–Crippen LogP) is 9.35. The highest BCUT2D eigenvalue weighted by molar-refractivity contribution is 7.26. The molecule has 8 rings (SSSR count). The first-order chi connectivity index (χ1) is 16.9. The van der Waals surface area contributed by atoms with Gasteiger partial charge in [0.1, 0.15) is 0 Å². The molecular weight excluding hydrogens is 434 g/mol. The third-order valence-electron chi connectivity index (χ3n) is 7.03. The summed E-state index contributed by atoms with van der Waals surface area (Å²) in [6, 6.07) is 32.6. The van der Waals surface area contributed by atoms with Crippen LogP contribution in [0, 0.1) is 0 Å². The number of thiophene rings is 1. The summed E-state index contributed by atoms with van der Waals surface area (Å²) >= 11 is 1.86. The second kappa shape index (κ2) is 6.72. The number of hydrogen-bond acceptors (Lipinski definition) is 3. The summed E-state index contributed by atoms with van der Waals surface area (Å²) in [5.41, 5.74) is 5.92. The summed E-state index contributed by atoms with van der Waals surface area (Å²) in [6.07, 6.45) is 5.35. The molecule has 3 heteroatoms. The number of rotatable bonds is 1. The van der Waals surface area contributed by atoms with Crippen molar-refractivity contribution in [1.29, 1.82) is 0 Å². The van der Waals surface area contributed by atoms with Gasteiger partial charge in [-0.05, 0) is 53.1 Å². The highest BCUT2D eigenvalue weighted by Gasteiger charge is 2.31. The summed E-state index contributed by atoms with van der Waals surface area (Å²) < 4.78 is 9.26. The molecular formula is C31H19NOS. The number of allylic oxidation sites excluding steroid dienone is 1. The van der Waals surface area contributed by atoms with Crippen molar-refractivity contribution >= 4 is 65.4 Å². The molecule has 0 spiro atoms. The van der Waals surface area contributed by atoms with E-state index in [1.165, 1.54) is 47.8 Å². The Morgan fingerprint density at radius 2 is 1.56 bits per heavy atom. The van der Waals surface area contributed by atoms with Crippen LogP contribution in [0.3, 0.4) is 0 Å². The van der Waals surface area contributed by atoms with Crippen LogP contribution in [0.4, 0.5) is 17.1 Å². The summed E-state index contributed by atoms with van der Waals surface area (Å²) in [6.45, 7) is 0. The van der Waals surface area contributed by atoms with Gasteiger partial charge in [0.05, 0.1) is 21.8 Å². The fourth-order valence-corrected chi connectivity index (χ4v) is 6.80. The largest absolute Gasteiger partial charge is 0.453 e. The average molecular weight is 454 g/mol. The van der Waals surface area contributed by atoms with Crippen LogP contribution in [0.25, 0.3) is 37.0 Å². The highest BCUT2D eigenvalue weighted by atomic mass is 32.1. The maximum absolute atomic E-state index is 6.65. The topological polar surface area (TPSA) is 12.5 Å². The van der Waals surface area contributed by atoms with Gasteiger partial charge in [-0.15, -0.1) is 11.3 Å². The van der Waals surface area contributed by atoms with Gasteiger partial charge in [-0.25, -0.2) is 0 Å². The third-order valence-corrected chi connectivity index (χ3v) is 8.24. The van der Waals surface area contributed by atoms with Crippen LogP contribution in [0.15, 0.2) is 97.1 Å². The van der Waals surface area contributed by atoms with Gasteiger partial charge in [0.25, 0.3) is 0 Å². The first-order valence-corrected chi connectivity index (χ1v) is 12.4.